The van der Waals surface area contributed by atoms with E-state index >= 15 is 0 Å². The topological polar surface area (TPSA) is 108 Å². The Labute approximate surface area is 147 Å². The number of rotatable bonds is 6. The second-order valence-corrected chi connectivity index (χ2v) is 6.27. The number of halogens is 1. The van der Waals surface area contributed by atoms with Crippen LogP contribution in [0.3, 0.4) is 0 Å². The molecular formula is C15H25ClN4O4. The summed E-state index contributed by atoms with van der Waals surface area (Å²) < 4.78 is 5.06. The molecule has 8 nitrogen and oxygen atoms in total. The average Bonchev–Trinajstić information content (AvgIpc) is 2.99. The molecular weight excluding hydrogens is 336 g/mol. The number of piperidine rings is 1. The highest BCUT2D eigenvalue weighted by atomic mass is 35.5. The quantitative estimate of drug-likeness (QED) is 0.712. The number of hydrogen-bond donors (Lipinski definition) is 3. The zero-order valence-corrected chi connectivity index (χ0v) is 14.8. The van der Waals surface area contributed by atoms with Crippen molar-refractivity contribution in [3.8, 4) is 0 Å². The van der Waals surface area contributed by atoms with Gasteiger partial charge < -0.3 is 25.2 Å². The molecule has 3 N–H and O–H groups in total. The molecule has 0 aromatic carbocycles. The van der Waals surface area contributed by atoms with Gasteiger partial charge in [0.2, 0.25) is 0 Å². The SMILES string of the molecule is CNC(=O)c1cc(CN(CCC2(C)CCNCC2)C(=O)O)on1.Cl. The predicted octanol–water partition coefficient (Wildman–Crippen LogP) is 1.72. The number of hydrogen-bond acceptors (Lipinski definition) is 5. The minimum atomic E-state index is -1.000. The molecule has 0 bridgehead atoms. The van der Waals surface area contributed by atoms with Gasteiger partial charge in [0.1, 0.15) is 0 Å². The van der Waals surface area contributed by atoms with Gasteiger partial charge in [-0.05, 0) is 37.8 Å². The van der Waals surface area contributed by atoms with Crippen molar-refractivity contribution in [3.05, 3.63) is 17.5 Å². The molecule has 0 spiro atoms. The maximum absolute atomic E-state index is 11.5. The molecule has 1 aromatic rings. The first-order valence-electron chi connectivity index (χ1n) is 7.80. The minimum Gasteiger partial charge on any atom is -0.465 e. The van der Waals surface area contributed by atoms with Crippen molar-refractivity contribution in [1.82, 2.24) is 20.7 Å². The van der Waals surface area contributed by atoms with E-state index in [1.807, 2.05) is 0 Å². The van der Waals surface area contributed by atoms with Crippen LogP contribution in [-0.2, 0) is 6.54 Å². The Kier molecular flexibility index (Phi) is 7.50. The van der Waals surface area contributed by atoms with Gasteiger partial charge in [-0.25, -0.2) is 4.79 Å². The molecule has 2 heterocycles. The first-order chi connectivity index (χ1) is 10.9. The van der Waals surface area contributed by atoms with Crippen molar-refractivity contribution >= 4 is 24.4 Å². The third-order valence-electron chi connectivity index (χ3n) is 4.43. The normalized spacial score (nSPS) is 16.1. The van der Waals surface area contributed by atoms with Crippen molar-refractivity contribution in [2.45, 2.75) is 32.7 Å². The molecule has 0 atom stereocenters. The molecule has 1 aromatic heterocycles. The number of carboxylic acid groups (broad SMARTS) is 1. The second kappa shape index (κ2) is 8.89. The van der Waals surface area contributed by atoms with Crippen LogP contribution in [0.5, 0.6) is 0 Å². The molecule has 2 amide bonds. The van der Waals surface area contributed by atoms with Gasteiger partial charge in [-0.1, -0.05) is 12.1 Å². The first-order valence-corrected chi connectivity index (χ1v) is 7.80. The minimum absolute atomic E-state index is 0. The Balaban J connectivity index is 0.00000288. The molecule has 24 heavy (non-hydrogen) atoms. The van der Waals surface area contributed by atoms with Crippen molar-refractivity contribution in [3.63, 3.8) is 0 Å². The van der Waals surface area contributed by atoms with Gasteiger partial charge in [0, 0.05) is 19.7 Å². The van der Waals surface area contributed by atoms with Crippen LogP contribution in [0, 0.1) is 5.41 Å². The van der Waals surface area contributed by atoms with Gasteiger partial charge in [0.05, 0.1) is 6.54 Å². The number of nitrogens with zero attached hydrogens (tertiary/aromatic N) is 2. The van der Waals surface area contributed by atoms with Crippen LogP contribution < -0.4 is 10.6 Å². The van der Waals surface area contributed by atoms with Crippen molar-refractivity contribution in [1.29, 1.82) is 0 Å². The third kappa shape index (κ3) is 5.38. The fourth-order valence-electron chi connectivity index (χ4n) is 2.74. The van der Waals surface area contributed by atoms with Gasteiger partial charge >= 0.3 is 6.09 Å². The van der Waals surface area contributed by atoms with Gasteiger partial charge in [-0.3, -0.25) is 4.79 Å². The van der Waals surface area contributed by atoms with E-state index in [2.05, 4.69) is 22.7 Å². The summed E-state index contributed by atoms with van der Waals surface area (Å²) in [4.78, 5) is 24.2. The summed E-state index contributed by atoms with van der Waals surface area (Å²) in [6.07, 6.45) is 1.89. The lowest BCUT2D eigenvalue weighted by molar-refractivity contribution is 0.0952. The maximum Gasteiger partial charge on any atom is 0.407 e. The van der Waals surface area contributed by atoms with Crippen LogP contribution in [-0.4, -0.2) is 53.8 Å². The number of aromatic nitrogens is 1. The van der Waals surface area contributed by atoms with Crippen LogP contribution in [0.15, 0.2) is 10.6 Å². The number of carbonyl (C=O) groups excluding carboxylic acids is 1. The van der Waals surface area contributed by atoms with Crippen LogP contribution in [0.2, 0.25) is 0 Å². The highest BCUT2D eigenvalue weighted by Gasteiger charge is 2.28. The molecule has 136 valence electrons. The number of amides is 2. The van der Waals surface area contributed by atoms with Crippen LogP contribution in [0.25, 0.3) is 0 Å². The number of carbonyl (C=O) groups is 2. The summed E-state index contributed by atoms with van der Waals surface area (Å²) in [5.41, 5.74) is 0.311. The van der Waals surface area contributed by atoms with E-state index in [1.54, 1.807) is 0 Å². The van der Waals surface area contributed by atoms with E-state index in [0.29, 0.717) is 12.3 Å². The summed E-state index contributed by atoms with van der Waals surface area (Å²) in [6, 6.07) is 1.47. The second-order valence-electron chi connectivity index (χ2n) is 6.27. The zero-order chi connectivity index (χ0) is 16.9. The fourth-order valence-corrected chi connectivity index (χ4v) is 2.74. The van der Waals surface area contributed by atoms with Gasteiger partial charge in [-0.2, -0.15) is 0 Å². The molecule has 1 fully saturated rings. The van der Waals surface area contributed by atoms with E-state index in [4.69, 9.17) is 4.52 Å². The molecule has 0 unspecified atom stereocenters. The van der Waals surface area contributed by atoms with E-state index < -0.39 is 6.09 Å². The molecule has 1 aliphatic heterocycles. The van der Waals surface area contributed by atoms with E-state index in [-0.39, 0.29) is 36.0 Å². The Morgan fingerprint density at radius 2 is 2.12 bits per heavy atom. The molecule has 1 aliphatic rings. The Morgan fingerprint density at radius 1 is 1.46 bits per heavy atom. The van der Waals surface area contributed by atoms with Gasteiger partial charge in [0.25, 0.3) is 5.91 Å². The summed E-state index contributed by atoms with van der Waals surface area (Å²) >= 11 is 0. The Morgan fingerprint density at radius 3 is 2.71 bits per heavy atom. The lowest BCUT2D eigenvalue weighted by Crippen LogP contribution is -2.38. The standard InChI is InChI=1S/C15H24N4O4.ClH/c1-15(3-6-17-7-4-15)5-8-19(14(21)22)10-11-9-12(18-23-11)13(20)16-2;/h9,17H,3-8,10H2,1-2H3,(H,16,20)(H,21,22);1H. The Bertz CT molecular complexity index is 557. The molecule has 2 rings (SSSR count). The molecule has 0 saturated carbocycles. The highest BCUT2D eigenvalue weighted by molar-refractivity contribution is 5.91. The average molecular weight is 361 g/mol. The molecule has 0 aliphatic carbocycles. The predicted molar refractivity (Wildman–Crippen MR) is 90.4 cm³/mol. The smallest absolute Gasteiger partial charge is 0.407 e. The third-order valence-corrected chi connectivity index (χ3v) is 4.43. The van der Waals surface area contributed by atoms with Crippen molar-refractivity contribution in [2.75, 3.05) is 26.7 Å². The van der Waals surface area contributed by atoms with E-state index in [1.165, 1.54) is 18.0 Å². The van der Waals surface area contributed by atoms with E-state index in [9.17, 15) is 14.7 Å². The van der Waals surface area contributed by atoms with Crippen LogP contribution >= 0.6 is 12.4 Å². The molecule has 1 saturated heterocycles. The monoisotopic (exact) mass is 360 g/mol. The lowest BCUT2D eigenvalue weighted by Gasteiger charge is -2.35. The Hall–Kier alpha value is -1.80. The van der Waals surface area contributed by atoms with Gasteiger partial charge in [-0.15, -0.1) is 12.4 Å². The van der Waals surface area contributed by atoms with Crippen molar-refractivity contribution in [2.24, 2.45) is 5.41 Å². The van der Waals surface area contributed by atoms with Gasteiger partial charge in [0.15, 0.2) is 11.5 Å². The highest BCUT2D eigenvalue weighted by Crippen LogP contribution is 2.32. The van der Waals surface area contributed by atoms with Crippen LogP contribution in [0.1, 0.15) is 42.4 Å². The van der Waals surface area contributed by atoms with E-state index in [0.717, 1.165) is 32.4 Å². The summed E-state index contributed by atoms with van der Waals surface area (Å²) in [5.74, 6) is 0.00514. The molecule has 9 heteroatoms. The molecule has 0 radical (unpaired) electrons. The first kappa shape index (κ1) is 20.2. The zero-order valence-electron chi connectivity index (χ0n) is 14.0. The summed E-state index contributed by atoms with van der Waals surface area (Å²) in [6.45, 7) is 4.67. The summed E-state index contributed by atoms with van der Waals surface area (Å²) in [5, 5.41) is 18.8. The number of nitrogens with one attached hydrogen (secondary N) is 2. The lowest BCUT2D eigenvalue weighted by atomic mass is 9.78. The fraction of sp³-hybridized carbons (Fsp3) is 0.667. The largest absolute Gasteiger partial charge is 0.465 e. The summed E-state index contributed by atoms with van der Waals surface area (Å²) in [7, 11) is 1.50. The van der Waals surface area contributed by atoms with Crippen LogP contribution in [0.4, 0.5) is 4.79 Å². The maximum atomic E-state index is 11.5. The van der Waals surface area contributed by atoms with Crippen molar-refractivity contribution < 1.29 is 19.2 Å².